The maximum Gasteiger partial charge on any atom is 0.327 e. The number of ether oxygens (including phenoxy) is 2. The summed E-state index contributed by atoms with van der Waals surface area (Å²) in [5, 5.41) is 3.06. The Morgan fingerprint density at radius 3 is 2.67 bits per heavy atom. The lowest BCUT2D eigenvalue weighted by molar-refractivity contribution is -0.149. The Bertz CT molecular complexity index is 298. The molecule has 2 unspecified atom stereocenters. The summed E-state index contributed by atoms with van der Waals surface area (Å²) >= 11 is 0. The minimum Gasteiger partial charge on any atom is -0.468 e. The van der Waals surface area contributed by atoms with E-state index >= 15 is 0 Å². The van der Waals surface area contributed by atoms with Crippen LogP contribution < -0.4 is 5.32 Å². The molecule has 1 heterocycles. The number of hydrogen-bond acceptors (Lipinski definition) is 5. The summed E-state index contributed by atoms with van der Waals surface area (Å²) in [4.78, 5) is 14.1. The molecular weight excluding hydrogens is 232 g/mol. The quantitative estimate of drug-likeness (QED) is 0.733. The highest BCUT2D eigenvalue weighted by atomic mass is 16.5. The molecule has 0 aromatic rings. The van der Waals surface area contributed by atoms with E-state index in [0.717, 1.165) is 25.9 Å². The number of carbonyl (C=O) groups excluding carboxylic acids is 1. The average Bonchev–Trinajstić information content (AvgIpc) is 2.37. The lowest BCUT2D eigenvalue weighted by Gasteiger charge is -2.42. The van der Waals surface area contributed by atoms with Crippen LogP contribution in [0.25, 0.3) is 0 Å². The van der Waals surface area contributed by atoms with Crippen molar-refractivity contribution in [3.63, 3.8) is 0 Å². The summed E-state index contributed by atoms with van der Waals surface area (Å²) < 4.78 is 10.4. The van der Waals surface area contributed by atoms with E-state index in [2.05, 4.69) is 17.1 Å². The highest BCUT2D eigenvalue weighted by Crippen LogP contribution is 2.25. The van der Waals surface area contributed by atoms with E-state index in [0.29, 0.717) is 6.54 Å². The van der Waals surface area contributed by atoms with Crippen LogP contribution in [0.15, 0.2) is 0 Å². The zero-order valence-corrected chi connectivity index (χ0v) is 12.2. The van der Waals surface area contributed by atoms with Gasteiger partial charge in [0, 0.05) is 20.2 Å². The number of carbonyl (C=O) groups is 1. The standard InChI is InChI=1S/C13H26N2O3/c1-12(18-5)7-6-8-15(9-12)10-13(2,14-3)11(16)17-4/h14H,6-10H2,1-5H3. The minimum atomic E-state index is -0.666. The second-order valence-electron chi connectivity index (χ2n) is 5.54. The maximum absolute atomic E-state index is 11.8. The van der Waals surface area contributed by atoms with Gasteiger partial charge >= 0.3 is 5.97 Å². The lowest BCUT2D eigenvalue weighted by Crippen LogP contribution is -2.59. The molecule has 1 rings (SSSR count). The van der Waals surface area contributed by atoms with Crippen molar-refractivity contribution in [2.75, 3.05) is 40.9 Å². The molecule has 0 amide bonds. The summed E-state index contributed by atoms with van der Waals surface area (Å²) in [6, 6.07) is 0. The second-order valence-corrected chi connectivity index (χ2v) is 5.54. The molecule has 0 aliphatic carbocycles. The van der Waals surface area contributed by atoms with Gasteiger partial charge in [0.25, 0.3) is 0 Å². The van der Waals surface area contributed by atoms with Crippen molar-refractivity contribution in [2.45, 2.75) is 37.8 Å². The number of hydrogen-bond donors (Lipinski definition) is 1. The number of rotatable bonds is 5. The molecule has 1 fully saturated rings. The van der Waals surface area contributed by atoms with E-state index in [4.69, 9.17) is 9.47 Å². The summed E-state index contributed by atoms with van der Waals surface area (Å²) in [6.07, 6.45) is 2.15. The van der Waals surface area contributed by atoms with Crippen molar-refractivity contribution < 1.29 is 14.3 Å². The molecule has 0 saturated carbocycles. The van der Waals surface area contributed by atoms with Crippen molar-refractivity contribution in [1.82, 2.24) is 10.2 Å². The zero-order valence-electron chi connectivity index (χ0n) is 12.2. The zero-order chi connectivity index (χ0) is 13.8. The molecule has 106 valence electrons. The van der Waals surface area contributed by atoms with Crippen molar-refractivity contribution in [3.8, 4) is 0 Å². The van der Waals surface area contributed by atoms with Crippen LogP contribution in [-0.4, -0.2) is 62.9 Å². The van der Waals surface area contributed by atoms with Crippen LogP contribution in [0.3, 0.4) is 0 Å². The second kappa shape index (κ2) is 5.99. The van der Waals surface area contributed by atoms with Gasteiger partial charge < -0.3 is 14.8 Å². The summed E-state index contributed by atoms with van der Waals surface area (Å²) in [6.45, 7) is 6.46. The summed E-state index contributed by atoms with van der Waals surface area (Å²) in [5.41, 5.74) is -0.774. The maximum atomic E-state index is 11.8. The smallest absolute Gasteiger partial charge is 0.327 e. The molecular formula is C13H26N2O3. The van der Waals surface area contributed by atoms with Gasteiger partial charge in [-0.15, -0.1) is 0 Å². The third kappa shape index (κ3) is 3.43. The van der Waals surface area contributed by atoms with Crippen molar-refractivity contribution in [3.05, 3.63) is 0 Å². The van der Waals surface area contributed by atoms with E-state index in [1.807, 2.05) is 6.92 Å². The number of esters is 1. The van der Waals surface area contributed by atoms with Crippen LogP contribution >= 0.6 is 0 Å². The van der Waals surface area contributed by atoms with Crippen molar-refractivity contribution >= 4 is 5.97 Å². The monoisotopic (exact) mass is 258 g/mol. The molecule has 0 bridgehead atoms. The topological polar surface area (TPSA) is 50.8 Å². The summed E-state index contributed by atoms with van der Waals surface area (Å²) in [7, 11) is 4.96. The third-order valence-electron chi connectivity index (χ3n) is 3.96. The highest BCUT2D eigenvalue weighted by molar-refractivity contribution is 5.80. The lowest BCUT2D eigenvalue weighted by atomic mass is 9.92. The largest absolute Gasteiger partial charge is 0.468 e. The highest BCUT2D eigenvalue weighted by Gasteiger charge is 2.38. The fourth-order valence-corrected chi connectivity index (χ4v) is 2.53. The van der Waals surface area contributed by atoms with Crippen LogP contribution in [0.2, 0.25) is 0 Å². The molecule has 2 atom stereocenters. The Balaban J connectivity index is 2.68. The fraction of sp³-hybridized carbons (Fsp3) is 0.923. The molecule has 0 radical (unpaired) electrons. The number of methoxy groups -OCH3 is 2. The third-order valence-corrected chi connectivity index (χ3v) is 3.96. The Morgan fingerprint density at radius 2 is 2.17 bits per heavy atom. The van der Waals surface area contributed by atoms with E-state index in [-0.39, 0.29) is 11.6 Å². The molecule has 5 nitrogen and oxygen atoms in total. The predicted octanol–water partition coefficient (Wildman–Crippen LogP) is 0.638. The fourth-order valence-electron chi connectivity index (χ4n) is 2.53. The first-order valence-electron chi connectivity index (χ1n) is 6.44. The van der Waals surface area contributed by atoms with E-state index in [1.54, 1.807) is 14.2 Å². The van der Waals surface area contributed by atoms with Gasteiger partial charge in [-0.1, -0.05) is 0 Å². The van der Waals surface area contributed by atoms with Gasteiger partial charge in [0.15, 0.2) is 0 Å². The number of likely N-dealkylation sites (tertiary alicyclic amines) is 1. The van der Waals surface area contributed by atoms with Crippen LogP contribution in [-0.2, 0) is 14.3 Å². The minimum absolute atomic E-state index is 0.108. The molecule has 0 aromatic heterocycles. The van der Waals surface area contributed by atoms with Gasteiger partial charge in [-0.05, 0) is 40.3 Å². The normalized spacial score (nSPS) is 28.7. The SMILES string of the molecule is CNC(C)(CN1CCCC(C)(OC)C1)C(=O)OC. The van der Waals surface area contributed by atoms with E-state index in [1.165, 1.54) is 7.11 Å². The van der Waals surface area contributed by atoms with Crippen LogP contribution in [0.1, 0.15) is 26.7 Å². The van der Waals surface area contributed by atoms with Gasteiger partial charge in [0.1, 0.15) is 5.54 Å². The first-order valence-corrected chi connectivity index (χ1v) is 6.44. The molecule has 0 spiro atoms. The molecule has 1 aliphatic rings. The van der Waals surface area contributed by atoms with E-state index < -0.39 is 5.54 Å². The number of nitrogens with zero attached hydrogens (tertiary/aromatic N) is 1. The number of piperidine rings is 1. The first-order chi connectivity index (χ1) is 8.39. The van der Waals surface area contributed by atoms with Gasteiger partial charge in [0.05, 0.1) is 12.7 Å². The molecule has 1 N–H and O–H groups in total. The van der Waals surface area contributed by atoms with Gasteiger partial charge in [-0.2, -0.15) is 0 Å². The molecule has 18 heavy (non-hydrogen) atoms. The van der Waals surface area contributed by atoms with Gasteiger partial charge in [-0.3, -0.25) is 9.69 Å². The number of nitrogens with one attached hydrogen (secondary N) is 1. The predicted molar refractivity (Wildman–Crippen MR) is 70.6 cm³/mol. The Labute approximate surface area is 110 Å². The summed E-state index contributed by atoms with van der Waals surface area (Å²) in [5.74, 6) is -0.227. The van der Waals surface area contributed by atoms with Gasteiger partial charge in [0.2, 0.25) is 0 Å². The molecule has 0 aromatic carbocycles. The van der Waals surface area contributed by atoms with Crippen LogP contribution in [0, 0.1) is 0 Å². The van der Waals surface area contributed by atoms with Crippen molar-refractivity contribution in [1.29, 1.82) is 0 Å². The Hall–Kier alpha value is -0.650. The van der Waals surface area contributed by atoms with Gasteiger partial charge in [-0.25, -0.2) is 0 Å². The first kappa shape index (κ1) is 15.4. The Morgan fingerprint density at radius 1 is 1.50 bits per heavy atom. The van der Waals surface area contributed by atoms with Crippen LogP contribution in [0.5, 0.6) is 0 Å². The van der Waals surface area contributed by atoms with Crippen molar-refractivity contribution in [2.24, 2.45) is 0 Å². The molecule has 1 saturated heterocycles. The average molecular weight is 258 g/mol. The Kier molecular flexibility index (Phi) is 5.13. The number of likely N-dealkylation sites (N-methyl/N-ethyl adjacent to an activating group) is 1. The molecule has 1 aliphatic heterocycles. The van der Waals surface area contributed by atoms with E-state index in [9.17, 15) is 4.79 Å². The van der Waals surface area contributed by atoms with Crippen LogP contribution in [0.4, 0.5) is 0 Å². The molecule has 5 heteroatoms.